The molecular formula is C22H18F2N4OS2. The van der Waals surface area contributed by atoms with Gasteiger partial charge in [-0.05, 0) is 36.4 Å². The molecule has 2 aromatic carbocycles. The molecule has 158 valence electrons. The number of rotatable bonds is 9. The van der Waals surface area contributed by atoms with Crippen LogP contribution in [-0.2, 0) is 18.9 Å². The summed E-state index contributed by atoms with van der Waals surface area (Å²) in [5.74, 6) is 0.651. The van der Waals surface area contributed by atoms with Crippen molar-refractivity contribution >= 4 is 23.1 Å². The quantitative estimate of drug-likeness (QED) is 0.238. The van der Waals surface area contributed by atoms with Crippen LogP contribution in [-0.4, -0.2) is 19.7 Å². The lowest BCUT2D eigenvalue weighted by molar-refractivity contribution is 0.275. The molecule has 0 unspecified atom stereocenters. The third-order valence-electron chi connectivity index (χ3n) is 4.29. The van der Waals surface area contributed by atoms with E-state index in [9.17, 15) is 8.78 Å². The van der Waals surface area contributed by atoms with Crippen LogP contribution in [0.2, 0.25) is 0 Å². The zero-order valence-electron chi connectivity index (χ0n) is 16.4. The van der Waals surface area contributed by atoms with Crippen LogP contribution in [0.15, 0.2) is 71.7 Å². The number of thioether (sulfide) groups is 1. The van der Waals surface area contributed by atoms with Gasteiger partial charge in [0.2, 0.25) is 0 Å². The number of ether oxygens (including phenoxy) is 1. The second-order valence-corrected chi connectivity index (χ2v) is 8.26. The lowest BCUT2D eigenvalue weighted by Crippen LogP contribution is -2.08. The molecule has 0 amide bonds. The van der Waals surface area contributed by atoms with E-state index in [0.29, 0.717) is 23.3 Å². The maximum absolute atomic E-state index is 13.8. The average Bonchev–Trinajstić information content (AvgIpc) is 3.40. The van der Waals surface area contributed by atoms with Crippen LogP contribution >= 0.6 is 23.1 Å². The van der Waals surface area contributed by atoms with Gasteiger partial charge >= 0.3 is 0 Å². The number of nitrogens with zero attached hydrogens (tertiary/aromatic N) is 4. The van der Waals surface area contributed by atoms with Crippen molar-refractivity contribution < 1.29 is 13.5 Å². The molecule has 0 aliphatic heterocycles. The molecule has 0 radical (unpaired) electrons. The minimum absolute atomic E-state index is 0.0910. The van der Waals surface area contributed by atoms with Crippen LogP contribution in [0.3, 0.4) is 0 Å². The maximum atomic E-state index is 13.8. The molecule has 4 rings (SSSR count). The first-order chi connectivity index (χ1) is 15.1. The summed E-state index contributed by atoms with van der Waals surface area (Å²) in [5, 5.41) is 12.0. The smallest absolute Gasteiger partial charge is 0.191 e. The van der Waals surface area contributed by atoms with Crippen LogP contribution < -0.4 is 4.74 Å². The van der Waals surface area contributed by atoms with Crippen molar-refractivity contribution in [3.63, 3.8) is 0 Å². The fourth-order valence-corrected chi connectivity index (χ4v) is 4.58. The summed E-state index contributed by atoms with van der Waals surface area (Å²) in [6.45, 7) is 4.38. The number of benzene rings is 2. The topological polar surface area (TPSA) is 52.8 Å². The van der Waals surface area contributed by atoms with E-state index in [1.807, 2.05) is 9.95 Å². The van der Waals surface area contributed by atoms with Crippen LogP contribution in [0, 0.1) is 11.6 Å². The van der Waals surface area contributed by atoms with Gasteiger partial charge in [-0.3, -0.25) is 4.57 Å². The Morgan fingerprint density at radius 1 is 1.10 bits per heavy atom. The molecule has 0 bridgehead atoms. The van der Waals surface area contributed by atoms with Gasteiger partial charge in [0.05, 0.1) is 5.69 Å². The molecule has 0 spiro atoms. The number of allylic oxidation sites excluding steroid dienone is 1. The van der Waals surface area contributed by atoms with Crippen molar-refractivity contribution in [1.82, 2.24) is 19.7 Å². The van der Waals surface area contributed by atoms with E-state index in [-0.39, 0.29) is 18.2 Å². The average molecular weight is 457 g/mol. The standard InChI is InChI=1S/C22H18F2N4OS2/c1-2-11-28-20(12-29-19-6-4-3-5-18(19)24)26-27-22(28)31-14-17-13-30-21(25-17)15-7-9-16(23)10-8-15/h2-10,13H,1,11-12,14H2. The van der Waals surface area contributed by atoms with Gasteiger partial charge in [0.25, 0.3) is 0 Å². The largest absolute Gasteiger partial charge is 0.483 e. The van der Waals surface area contributed by atoms with Crippen molar-refractivity contribution in [1.29, 1.82) is 0 Å². The Kier molecular flexibility index (Phi) is 6.73. The summed E-state index contributed by atoms with van der Waals surface area (Å²) >= 11 is 3.00. The van der Waals surface area contributed by atoms with Crippen molar-refractivity contribution in [2.45, 2.75) is 24.1 Å². The van der Waals surface area contributed by atoms with Gasteiger partial charge < -0.3 is 4.74 Å². The molecule has 0 aliphatic rings. The van der Waals surface area contributed by atoms with Gasteiger partial charge in [-0.15, -0.1) is 28.1 Å². The van der Waals surface area contributed by atoms with E-state index < -0.39 is 5.82 Å². The number of thiazole rings is 1. The Morgan fingerprint density at radius 2 is 1.90 bits per heavy atom. The first kappa shape index (κ1) is 21.2. The summed E-state index contributed by atoms with van der Waals surface area (Å²) in [4.78, 5) is 4.62. The molecule has 0 fully saturated rings. The highest BCUT2D eigenvalue weighted by Crippen LogP contribution is 2.28. The monoisotopic (exact) mass is 456 g/mol. The van der Waals surface area contributed by atoms with Crippen LogP contribution in [0.4, 0.5) is 8.78 Å². The van der Waals surface area contributed by atoms with Gasteiger partial charge in [0.15, 0.2) is 22.5 Å². The molecule has 0 saturated carbocycles. The van der Waals surface area contributed by atoms with Crippen LogP contribution in [0.1, 0.15) is 11.5 Å². The summed E-state index contributed by atoms with van der Waals surface area (Å²) < 4.78 is 34.4. The lowest BCUT2D eigenvalue weighted by atomic mass is 10.2. The molecule has 4 aromatic rings. The zero-order chi connectivity index (χ0) is 21.6. The second-order valence-electron chi connectivity index (χ2n) is 6.46. The Labute approximate surface area is 186 Å². The molecule has 31 heavy (non-hydrogen) atoms. The number of hydrogen-bond acceptors (Lipinski definition) is 6. The highest BCUT2D eigenvalue weighted by atomic mass is 32.2. The van der Waals surface area contributed by atoms with Crippen LogP contribution in [0.5, 0.6) is 5.75 Å². The summed E-state index contributed by atoms with van der Waals surface area (Å²) in [7, 11) is 0. The normalized spacial score (nSPS) is 10.9. The van der Waals surface area contributed by atoms with Crippen molar-refractivity contribution in [3.05, 3.63) is 89.7 Å². The Balaban J connectivity index is 1.43. The third-order valence-corrected chi connectivity index (χ3v) is 6.23. The van der Waals surface area contributed by atoms with Gasteiger partial charge in [-0.1, -0.05) is 30.0 Å². The number of hydrogen-bond donors (Lipinski definition) is 0. The highest BCUT2D eigenvalue weighted by Gasteiger charge is 2.14. The van der Waals surface area contributed by atoms with E-state index in [4.69, 9.17) is 4.74 Å². The summed E-state index contributed by atoms with van der Waals surface area (Å²) in [6, 6.07) is 12.5. The summed E-state index contributed by atoms with van der Waals surface area (Å²) in [6.07, 6.45) is 1.75. The predicted octanol–water partition coefficient (Wildman–Crippen LogP) is 5.74. The van der Waals surface area contributed by atoms with E-state index in [2.05, 4.69) is 21.8 Å². The van der Waals surface area contributed by atoms with Gasteiger partial charge in [0.1, 0.15) is 17.4 Å². The van der Waals surface area contributed by atoms with Gasteiger partial charge in [-0.2, -0.15) is 0 Å². The molecule has 2 aromatic heterocycles. The van der Waals surface area contributed by atoms with Crippen molar-refractivity contribution in [3.8, 4) is 16.3 Å². The molecule has 5 nitrogen and oxygen atoms in total. The fourth-order valence-electron chi connectivity index (χ4n) is 2.79. The minimum atomic E-state index is -0.424. The van der Waals surface area contributed by atoms with Gasteiger partial charge in [-0.25, -0.2) is 13.8 Å². The first-order valence-electron chi connectivity index (χ1n) is 9.37. The highest BCUT2D eigenvalue weighted by molar-refractivity contribution is 7.98. The molecule has 0 aliphatic carbocycles. The molecule has 2 heterocycles. The third kappa shape index (κ3) is 5.18. The Hall–Kier alpha value is -3.04. The predicted molar refractivity (Wildman–Crippen MR) is 118 cm³/mol. The van der Waals surface area contributed by atoms with Crippen molar-refractivity contribution in [2.24, 2.45) is 0 Å². The van der Waals surface area contributed by atoms with E-state index >= 15 is 0 Å². The summed E-state index contributed by atoms with van der Waals surface area (Å²) in [5.41, 5.74) is 1.77. The molecular weight excluding hydrogens is 438 g/mol. The van der Waals surface area contributed by atoms with Crippen LogP contribution in [0.25, 0.3) is 10.6 Å². The SMILES string of the molecule is C=CCn1c(COc2ccccc2F)nnc1SCc1csc(-c2ccc(F)cc2)n1. The second kappa shape index (κ2) is 9.84. The number of aromatic nitrogens is 4. The fraction of sp³-hybridized carbons (Fsp3) is 0.136. The van der Waals surface area contributed by atoms with E-state index in [1.165, 1.54) is 41.3 Å². The zero-order valence-corrected chi connectivity index (χ0v) is 18.0. The number of halogens is 2. The molecule has 0 saturated heterocycles. The van der Waals surface area contributed by atoms with Crippen molar-refractivity contribution in [2.75, 3.05) is 0 Å². The number of para-hydroxylation sites is 1. The van der Waals surface area contributed by atoms with Gasteiger partial charge in [0, 0.05) is 23.2 Å². The lowest BCUT2D eigenvalue weighted by Gasteiger charge is -2.09. The van der Waals surface area contributed by atoms with E-state index in [1.54, 1.807) is 36.4 Å². The Bertz CT molecular complexity index is 1170. The maximum Gasteiger partial charge on any atom is 0.191 e. The first-order valence-corrected chi connectivity index (χ1v) is 11.2. The molecule has 9 heteroatoms. The van der Waals surface area contributed by atoms with E-state index in [0.717, 1.165) is 16.3 Å². The molecule has 0 atom stereocenters. The molecule has 0 N–H and O–H groups in total. The Morgan fingerprint density at radius 3 is 2.68 bits per heavy atom. The minimum Gasteiger partial charge on any atom is -0.483 e.